The summed E-state index contributed by atoms with van der Waals surface area (Å²) in [5, 5.41) is 9.23. The van der Waals surface area contributed by atoms with Crippen LogP contribution in [0.2, 0.25) is 0 Å². The second kappa shape index (κ2) is 6.27. The molecule has 21 heavy (non-hydrogen) atoms. The van der Waals surface area contributed by atoms with Gasteiger partial charge >= 0.3 is 0 Å². The van der Waals surface area contributed by atoms with Crippen molar-refractivity contribution in [3.63, 3.8) is 0 Å². The highest BCUT2D eigenvalue weighted by molar-refractivity contribution is 7.89. The molecule has 2 atom stereocenters. The predicted molar refractivity (Wildman–Crippen MR) is 78.7 cm³/mol. The number of rotatable bonds is 4. The maximum atomic E-state index is 12.0. The van der Waals surface area contributed by atoms with Crippen LogP contribution in [0.4, 0.5) is 5.82 Å². The first-order chi connectivity index (χ1) is 9.84. The number of aliphatic hydroxyl groups excluding tert-OH is 1. The Morgan fingerprint density at radius 2 is 2.14 bits per heavy atom. The van der Waals surface area contributed by atoms with Crippen molar-refractivity contribution in [2.75, 3.05) is 38.7 Å². The third-order valence-corrected chi connectivity index (χ3v) is 5.15. The largest absolute Gasteiger partial charge is 0.394 e. The zero-order chi connectivity index (χ0) is 15.6. The molecule has 118 valence electrons. The van der Waals surface area contributed by atoms with E-state index in [-0.39, 0.29) is 23.7 Å². The lowest BCUT2D eigenvalue weighted by atomic mass is 10.2. The number of pyridine rings is 1. The Morgan fingerprint density at radius 1 is 1.43 bits per heavy atom. The molecule has 7 nitrogen and oxygen atoms in total. The fourth-order valence-electron chi connectivity index (χ4n) is 2.26. The summed E-state index contributed by atoms with van der Waals surface area (Å²) in [6, 6.07) is 3.23. The normalized spacial score (nSPS) is 23.6. The van der Waals surface area contributed by atoms with E-state index in [0.29, 0.717) is 18.9 Å². The second-order valence-electron chi connectivity index (χ2n) is 5.30. The van der Waals surface area contributed by atoms with E-state index in [2.05, 4.69) is 4.98 Å². The first-order valence-electron chi connectivity index (χ1n) is 6.74. The molecule has 0 aromatic carbocycles. The van der Waals surface area contributed by atoms with Crippen molar-refractivity contribution < 1.29 is 18.3 Å². The van der Waals surface area contributed by atoms with E-state index in [4.69, 9.17) is 4.74 Å². The summed E-state index contributed by atoms with van der Waals surface area (Å²) in [5.41, 5.74) is 0. The van der Waals surface area contributed by atoms with Gasteiger partial charge in [0, 0.05) is 33.4 Å². The molecule has 2 rings (SSSR count). The van der Waals surface area contributed by atoms with E-state index < -0.39 is 10.0 Å². The molecule has 1 saturated heterocycles. The molecule has 1 aliphatic rings. The summed E-state index contributed by atoms with van der Waals surface area (Å²) in [7, 11) is -0.493. The predicted octanol–water partition coefficient (Wildman–Crippen LogP) is -0.0821. The van der Waals surface area contributed by atoms with Crippen LogP contribution in [0.25, 0.3) is 0 Å². The van der Waals surface area contributed by atoms with Crippen LogP contribution in [0.1, 0.15) is 6.92 Å². The lowest BCUT2D eigenvalue weighted by molar-refractivity contribution is -0.0423. The Hall–Kier alpha value is -1.22. The van der Waals surface area contributed by atoms with Crippen LogP contribution in [-0.4, -0.2) is 68.8 Å². The molecule has 1 fully saturated rings. The topological polar surface area (TPSA) is 83.0 Å². The number of aromatic nitrogens is 1. The monoisotopic (exact) mass is 315 g/mol. The fraction of sp³-hybridized carbons (Fsp3) is 0.615. The Bertz CT molecular complexity index is 574. The number of anilines is 1. The molecule has 0 amide bonds. The first kappa shape index (κ1) is 16.2. The van der Waals surface area contributed by atoms with Crippen molar-refractivity contribution in [3.05, 3.63) is 18.3 Å². The number of sulfonamides is 1. The molecular formula is C13H21N3O4S. The van der Waals surface area contributed by atoms with Crippen molar-refractivity contribution in [2.24, 2.45) is 0 Å². The van der Waals surface area contributed by atoms with Crippen LogP contribution in [0.15, 0.2) is 23.2 Å². The number of nitrogens with zero attached hydrogens (tertiary/aromatic N) is 3. The number of hydrogen-bond donors (Lipinski definition) is 1. The van der Waals surface area contributed by atoms with E-state index in [1.165, 1.54) is 20.3 Å². The maximum absolute atomic E-state index is 12.0. The van der Waals surface area contributed by atoms with Gasteiger partial charge in [-0.3, -0.25) is 0 Å². The Balaban J connectivity index is 2.19. The fourth-order valence-corrected chi connectivity index (χ4v) is 3.10. The van der Waals surface area contributed by atoms with E-state index in [0.717, 1.165) is 4.31 Å². The third kappa shape index (κ3) is 3.52. The molecule has 0 radical (unpaired) electrons. The number of morpholine rings is 1. The second-order valence-corrected chi connectivity index (χ2v) is 7.45. The van der Waals surface area contributed by atoms with Gasteiger partial charge in [0.05, 0.1) is 18.8 Å². The van der Waals surface area contributed by atoms with E-state index in [1.807, 2.05) is 11.8 Å². The molecule has 2 heterocycles. The standard InChI is InChI=1S/C13H21N3O4S/c1-10-7-16(8-11(9-17)20-10)13-5-4-12(6-14-13)21(18,19)15(2)3/h4-6,10-11,17H,7-9H2,1-3H3. The lowest BCUT2D eigenvalue weighted by Gasteiger charge is -2.36. The van der Waals surface area contributed by atoms with Crippen molar-refractivity contribution in [3.8, 4) is 0 Å². The molecule has 1 N–H and O–H groups in total. The molecule has 0 saturated carbocycles. The van der Waals surface area contributed by atoms with Crippen LogP contribution >= 0.6 is 0 Å². The lowest BCUT2D eigenvalue weighted by Crippen LogP contribution is -2.48. The summed E-state index contributed by atoms with van der Waals surface area (Å²) in [6.07, 6.45) is 1.10. The smallest absolute Gasteiger partial charge is 0.244 e. The SMILES string of the molecule is CC1CN(c2ccc(S(=O)(=O)N(C)C)cn2)CC(CO)O1. The van der Waals surface area contributed by atoms with Gasteiger partial charge in [-0.15, -0.1) is 0 Å². The van der Waals surface area contributed by atoms with Crippen LogP contribution in [-0.2, 0) is 14.8 Å². The van der Waals surface area contributed by atoms with Gasteiger partial charge in [0.25, 0.3) is 0 Å². The van der Waals surface area contributed by atoms with Crippen LogP contribution in [0, 0.1) is 0 Å². The van der Waals surface area contributed by atoms with Crippen LogP contribution in [0.5, 0.6) is 0 Å². The zero-order valence-corrected chi connectivity index (χ0v) is 13.2. The summed E-state index contributed by atoms with van der Waals surface area (Å²) in [5.74, 6) is 0.682. The van der Waals surface area contributed by atoms with Gasteiger partial charge in [0.15, 0.2) is 0 Å². The summed E-state index contributed by atoms with van der Waals surface area (Å²) in [6.45, 7) is 3.07. The van der Waals surface area contributed by atoms with Gasteiger partial charge < -0.3 is 14.7 Å². The van der Waals surface area contributed by atoms with Crippen molar-refractivity contribution in [1.29, 1.82) is 0 Å². The minimum Gasteiger partial charge on any atom is -0.394 e. The molecule has 1 aliphatic heterocycles. The van der Waals surface area contributed by atoms with Gasteiger partial charge in [-0.1, -0.05) is 0 Å². The van der Waals surface area contributed by atoms with Gasteiger partial charge in [0.1, 0.15) is 10.7 Å². The molecule has 0 spiro atoms. The molecular weight excluding hydrogens is 294 g/mol. The minimum absolute atomic E-state index is 0.0112. The Labute approximate surface area is 125 Å². The van der Waals surface area contributed by atoms with Gasteiger partial charge in [-0.05, 0) is 19.1 Å². The number of ether oxygens (including phenoxy) is 1. The third-order valence-electron chi connectivity index (χ3n) is 3.35. The highest BCUT2D eigenvalue weighted by Crippen LogP contribution is 2.20. The summed E-state index contributed by atoms with van der Waals surface area (Å²) < 4.78 is 30.7. The van der Waals surface area contributed by atoms with Gasteiger partial charge in [-0.25, -0.2) is 17.7 Å². The maximum Gasteiger partial charge on any atom is 0.244 e. The molecule has 8 heteroatoms. The van der Waals surface area contributed by atoms with E-state index in [1.54, 1.807) is 12.1 Å². The summed E-state index contributed by atoms with van der Waals surface area (Å²) in [4.78, 5) is 6.39. The molecule has 0 aliphatic carbocycles. The van der Waals surface area contributed by atoms with Gasteiger partial charge in [-0.2, -0.15) is 0 Å². The van der Waals surface area contributed by atoms with Crippen molar-refractivity contribution in [1.82, 2.24) is 9.29 Å². The average molecular weight is 315 g/mol. The van der Waals surface area contributed by atoms with Gasteiger partial charge in [0.2, 0.25) is 10.0 Å². The average Bonchev–Trinajstić information content (AvgIpc) is 2.46. The number of aliphatic hydroxyl groups is 1. The minimum atomic E-state index is -3.46. The highest BCUT2D eigenvalue weighted by atomic mass is 32.2. The Kier molecular flexibility index (Phi) is 4.82. The Morgan fingerprint density at radius 3 is 2.67 bits per heavy atom. The van der Waals surface area contributed by atoms with E-state index >= 15 is 0 Å². The van der Waals surface area contributed by atoms with Crippen LogP contribution < -0.4 is 4.90 Å². The number of hydrogen-bond acceptors (Lipinski definition) is 6. The molecule has 1 aromatic rings. The molecule has 0 bridgehead atoms. The molecule has 1 aromatic heterocycles. The van der Waals surface area contributed by atoms with Crippen molar-refractivity contribution >= 4 is 15.8 Å². The van der Waals surface area contributed by atoms with E-state index in [9.17, 15) is 13.5 Å². The quantitative estimate of drug-likeness (QED) is 0.837. The summed E-state index contributed by atoms with van der Waals surface area (Å²) >= 11 is 0. The van der Waals surface area contributed by atoms with Crippen LogP contribution in [0.3, 0.4) is 0 Å². The van der Waals surface area contributed by atoms with Crippen molar-refractivity contribution in [2.45, 2.75) is 24.0 Å². The zero-order valence-electron chi connectivity index (χ0n) is 12.4. The molecule has 2 unspecified atom stereocenters. The first-order valence-corrected chi connectivity index (χ1v) is 8.18. The highest BCUT2D eigenvalue weighted by Gasteiger charge is 2.26.